The molecule has 0 spiro atoms. The van der Waals surface area contributed by atoms with Gasteiger partial charge in [0.25, 0.3) is 0 Å². The molecule has 0 saturated heterocycles. The van der Waals surface area contributed by atoms with E-state index >= 15 is 0 Å². The number of Topliss-reactive ketones (excluding diaryl/α,β-unsaturated/α-hetero) is 1. The maximum Gasteiger partial charge on any atom is 0.170 e. The van der Waals surface area contributed by atoms with E-state index in [4.69, 9.17) is 9.47 Å². The Labute approximate surface area is 161 Å². The second-order valence-electron chi connectivity index (χ2n) is 7.72. The lowest BCUT2D eigenvalue weighted by Gasteiger charge is -2.32. The second kappa shape index (κ2) is 8.57. The largest absolute Gasteiger partial charge is 0.493 e. The van der Waals surface area contributed by atoms with E-state index in [0.717, 1.165) is 25.7 Å². The number of carbonyl (C=O) groups is 1. The van der Waals surface area contributed by atoms with Crippen LogP contribution in [0.4, 0.5) is 0 Å². The highest BCUT2D eigenvalue weighted by Gasteiger charge is 2.34. The molecule has 1 aliphatic rings. The van der Waals surface area contributed by atoms with E-state index in [1.54, 1.807) is 12.1 Å². The average molecular weight is 368 g/mol. The quantitative estimate of drug-likeness (QED) is 0.685. The number of aryl methyl sites for hydroxylation is 1. The molecule has 0 fully saturated rings. The lowest BCUT2D eigenvalue weighted by atomic mass is 9.90. The summed E-state index contributed by atoms with van der Waals surface area (Å²) in [5.41, 5.74) is 1.90. The van der Waals surface area contributed by atoms with Crippen molar-refractivity contribution in [2.75, 3.05) is 6.61 Å². The summed E-state index contributed by atoms with van der Waals surface area (Å²) in [6.45, 7) is 4.20. The summed E-state index contributed by atoms with van der Waals surface area (Å²) >= 11 is 0. The van der Waals surface area contributed by atoms with E-state index in [9.17, 15) is 9.90 Å². The van der Waals surface area contributed by atoms with Gasteiger partial charge in [0, 0.05) is 6.07 Å². The van der Waals surface area contributed by atoms with Crippen LogP contribution < -0.4 is 9.47 Å². The van der Waals surface area contributed by atoms with Crippen LogP contribution in [0.15, 0.2) is 42.5 Å². The van der Waals surface area contributed by atoms with Gasteiger partial charge < -0.3 is 14.6 Å². The van der Waals surface area contributed by atoms with Crippen LogP contribution in [0.3, 0.4) is 0 Å². The number of aliphatic hydroxyl groups is 1. The molecule has 1 heterocycles. The molecule has 0 aliphatic carbocycles. The Morgan fingerprint density at radius 2 is 1.89 bits per heavy atom. The molecule has 4 heteroatoms. The topological polar surface area (TPSA) is 55.8 Å². The molecule has 0 atom stereocenters. The van der Waals surface area contributed by atoms with Gasteiger partial charge in [-0.1, -0.05) is 30.3 Å². The van der Waals surface area contributed by atoms with Crippen molar-refractivity contribution in [3.63, 3.8) is 0 Å². The Morgan fingerprint density at radius 3 is 2.63 bits per heavy atom. The molecule has 0 saturated carbocycles. The van der Waals surface area contributed by atoms with E-state index in [2.05, 4.69) is 24.3 Å². The van der Waals surface area contributed by atoms with Crippen molar-refractivity contribution in [1.29, 1.82) is 0 Å². The number of unbranched alkanes of at least 4 members (excludes halogenated alkanes) is 2. The minimum Gasteiger partial charge on any atom is -0.493 e. The number of aliphatic hydroxyl groups excluding tert-OH is 1. The Bertz CT molecular complexity index is 780. The van der Waals surface area contributed by atoms with Crippen molar-refractivity contribution >= 4 is 5.78 Å². The van der Waals surface area contributed by atoms with Crippen LogP contribution in [-0.4, -0.2) is 23.1 Å². The Morgan fingerprint density at radius 1 is 1.11 bits per heavy atom. The van der Waals surface area contributed by atoms with E-state index in [-0.39, 0.29) is 12.4 Å². The fourth-order valence-corrected chi connectivity index (χ4v) is 3.50. The highest BCUT2D eigenvalue weighted by Crippen LogP contribution is 2.38. The minimum absolute atomic E-state index is 0.0118. The van der Waals surface area contributed by atoms with Gasteiger partial charge in [0.15, 0.2) is 5.78 Å². The highest BCUT2D eigenvalue weighted by atomic mass is 16.5. The summed E-state index contributed by atoms with van der Waals surface area (Å²) in [4.78, 5) is 12.4. The molecule has 2 aromatic rings. The molecule has 2 aromatic carbocycles. The maximum atomic E-state index is 12.4. The number of ketones is 1. The van der Waals surface area contributed by atoms with Crippen molar-refractivity contribution in [2.45, 2.75) is 58.2 Å². The summed E-state index contributed by atoms with van der Waals surface area (Å²) in [7, 11) is 0. The first kappa shape index (κ1) is 19.4. The number of hydrogen-bond acceptors (Lipinski definition) is 4. The Balaban J connectivity index is 1.54. The number of ether oxygens (including phenoxy) is 2. The third kappa shape index (κ3) is 5.10. The van der Waals surface area contributed by atoms with Crippen molar-refractivity contribution in [1.82, 2.24) is 0 Å². The van der Waals surface area contributed by atoms with Gasteiger partial charge >= 0.3 is 0 Å². The number of carbonyl (C=O) groups excluding carboxylic acids is 1. The fourth-order valence-electron chi connectivity index (χ4n) is 3.50. The lowest BCUT2D eigenvalue weighted by molar-refractivity contribution is 0.0612. The number of benzene rings is 2. The van der Waals surface area contributed by atoms with Gasteiger partial charge in [-0.3, -0.25) is 4.79 Å². The van der Waals surface area contributed by atoms with E-state index in [1.807, 2.05) is 19.9 Å². The zero-order valence-corrected chi connectivity index (χ0v) is 16.2. The number of fused-ring (bicyclic) bond motifs is 1. The molecule has 1 N–H and O–H groups in total. The molecule has 0 bridgehead atoms. The molecule has 0 amide bonds. The molecule has 0 aromatic heterocycles. The second-order valence-corrected chi connectivity index (χ2v) is 7.72. The molecule has 3 rings (SSSR count). The van der Waals surface area contributed by atoms with E-state index in [1.165, 1.54) is 5.56 Å². The summed E-state index contributed by atoms with van der Waals surface area (Å²) in [5, 5.41) is 9.65. The molecule has 0 radical (unpaired) electrons. The highest BCUT2D eigenvalue weighted by molar-refractivity contribution is 6.01. The molecular formula is C23H28O4. The standard InChI is InChI=1S/C23H28O4/c1-23(2)15-20(25)22-18(16-24)13-19(14-21(22)27-23)26-12-8-4-7-11-17-9-5-3-6-10-17/h3,5-6,9-10,13-14,24H,4,7-8,11-12,15-16H2,1-2H3. The van der Waals surface area contributed by atoms with Gasteiger partial charge in [-0.15, -0.1) is 0 Å². The van der Waals surface area contributed by atoms with Gasteiger partial charge in [0.05, 0.1) is 25.2 Å². The van der Waals surface area contributed by atoms with Crippen LogP contribution in [0.25, 0.3) is 0 Å². The van der Waals surface area contributed by atoms with Crippen molar-refractivity contribution in [3.05, 3.63) is 59.2 Å². The number of rotatable bonds is 8. The zero-order chi connectivity index (χ0) is 19.3. The molecule has 0 unspecified atom stereocenters. The zero-order valence-electron chi connectivity index (χ0n) is 16.2. The third-order valence-corrected chi connectivity index (χ3v) is 4.80. The SMILES string of the molecule is CC1(C)CC(=O)c2c(CO)cc(OCCCCCc3ccccc3)cc2O1. The molecule has 4 nitrogen and oxygen atoms in total. The Hall–Kier alpha value is -2.33. The molecule has 144 valence electrons. The summed E-state index contributed by atoms with van der Waals surface area (Å²) in [6.07, 6.45) is 4.58. The summed E-state index contributed by atoms with van der Waals surface area (Å²) in [5.74, 6) is 1.17. The molecule has 27 heavy (non-hydrogen) atoms. The fraction of sp³-hybridized carbons (Fsp3) is 0.435. The van der Waals surface area contributed by atoms with Crippen molar-refractivity contribution in [2.24, 2.45) is 0 Å². The van der Waals surface area contributed by atoms with Crippen molar-refractivity contribution < 1.29 is 19.4 Å². The maximum absolute atomic E-state index is 12.4. The van der Waals surface area contributed by atoms with Gasteiger partial charge in [-0.2, -0.15) is 0 Å². The first-order valence-corrected chi connectivity index (χ1v) is 9.65. The van der Waals surface area contributed by atoms with Crippen LogP contribution in [0.1, 0.15) is 61.0 Å². The van der Waals surface area contributed by atoms with Crippen LogP contribution in [0, 0.1) is 0 Å². The van der Waals surface area contributed by atoms with Gasteiger partial charge in [0.1, 0.15) is 17.1 Å². The monoisotopic (exact) mass is 368 g/mol. The number of hydrogen-bond donors (Lipinski definition) is 1. The smallest absolute Gasteiger partial charge is 0.170 e. The predicted molar refractivity (Wildman–Crippen MR) is 106 cm³/mol. The summed E-state index contributed by atoms with van der Waals surface area (Å²) in [6, 6.07) is 14.0. The van der Waals surface area contributed by atoms with E-state index < -0.39 is 5.60 Å². The van der Waals surface area contributed by atoms with Gasteiger partial charge in [-0.25, -0.2) is 0 Å². The lowest BCUT2D eigenvalue weighted by Crippen LogP contribution is -2.36. The minimum atomic E-state index is -0.535. The van der Waals surface area contributed by atoms with Crippen LogP contribution >= 0.6 is 0 Å². The Kier molecular flexibility index (Phi) is 6.17. The first-order valence-electron chi connectivity index (χ1n) is 9.65. The van der Waals surface area contributed by atoms with Crippen LogP contribution in [-0.2, 0) is 13.0 Å². The van der Waals surface area contributed by atoms with Crippen LogP contribution in [0.5, 0.6) is 11.5 Å². The first-order chi connectivity index (χ1) is 13.0. The van der Waals surface area contributed by atoms with E-state index in [0.29, 0.717) is 35.7 Å². The summed E-state index contributed by atoms with van der Waals surface area (Å²) < 4.78 is 11.8. The third-order valence-electron chi connectivity index (χ3n) is 4.80. The van der Waals surface area contributed by atoms with Gasteiger partial charge in [0.2, 0.25) is 0 Å². The molecule has 1 aliphatic heterocycles. The predicted octanol–water partition coefficient (Wildman–Crippen LogP) is 4.71. The van der Waals surface area contributed by atoms with Crippen molar-refractivity contribution in [3.8, 4) is 11.5 Å². The normalized spacial score (nSPS) is 15.1. The van der Waals surface area contributed by atoms with Gasteiger partial charge in [-0.05, 0) is 56.7 Å². The molecular weight excluding hydrogens is 340 g/mol. The average Bonchev–Trinajstić information content (AvgIpc) is 2.63. The van der Waals surface area contributed by atoms with Crippen LogP contribution in [0.2, 0.25) is 0 Å².